The van der Waals surface area contributed by atoms with Crippen LogP contribution in [0.25, 0.3) is 0 Å². The molecule has 0 aliphatic rings. The molecule has 0 bridgehead atoms. The Bertz CT molecular complexity index is 744. The average molecular weight is 356 g/mol. The zero-order valence-electron chi connectivity index (χ0n) is 15.3. The number of nitrogens with zero attached hydrogens (tertiary/aromatic N) is 1. The van der Waals surface area contributed by atoms with Gasteiger partial charge in [-0.15, -0.1) is 0 Å². The van der Waals surface area contributed by atoms with E-state index in [0.29, 0.717) is 24.5 Å². The van der Waals surface area contributed by atoms with E-state index in [2.05, 4.69) is 5.32 Å². The molecule has 0 aliphatic heterocycles. The van der Waals surface area contributed by atoms with E-state index in [1.807, 2.05) is 42.5 Å². The van der Waals surface area contributed by atoms with Crippen molar-refractivity contribution in [1.82, 2.24) is 5.32 Å². The maximum atomic E-state index is 12.1. The zero-order valence-corrected chi connectivity index (χ0v) is 15.3. The number of methoxy groups -OCH3 is 2. The average Bonchev–Trinajstić information content (AvgIpc) is 2.66. The Labute approximate surface area is 153 Å². The van der Waals surface area contributed by atoms with Gasteiger partial charge in [0.25, 0.3) is 0 Å². The molecule has 0 fully saturated rings. The van der Waals surface area contributed by atoms with Crippen molar-refractivity contribution in [3.63, 3.8) is 0 Å². The van der Waals surface area contributed by atoms with Crippen molar-refractivity contribution in [2.75, 3.05) is 25.7 Å². The van der Waals surface area contributed by atoms with E-state index in [1.54, 1.807) is 25.2 Å². The van der Waals surface area contributed by atoms with Crippen molar-refractivity contribution >= 4 is 17.5 Å². The van der Waals surface area contributed by atoms with Crippen LogP contribution in [0.2, 0.25) is 0 Å². The van der Waals surface area contributed by atoms with Gasteiger partial charge in [0.05, 0.1) is 14.2 Å². The van der Waals surface area contributed by atoms with Gasteiger partial charge in [-0.3, -0.25) is 9.59 Å². The molecule has 0 radical (unpaired) electrons. The lowest BCUT2D eigenvalue weighted by atomic mass is 10.2. The summed E-state index contributed by atoms with van der Waals surface area (Å²) >= 11 is 0. The Morgan fingerprint density at radius 3 is 2.31 bits per heavy atom. The van der Waals surface area contributed by atoms with E-state index in [0.717, 1.165) is 11.3 Å². The first-order valence-electron chi connectivity index (χ1n) is 8.35. The summed E-state index contributed by atoms with van der Waals surface area (Å²) in [6, 6.07) is 14.7. The predicted molar refractivity (Wildman–Crippen MR) is 100 cm³/mol. The molecule has 138 valence electrons. The molecule has 26 heavy (non-hydrogen) atoms. The van der Waals surface area contributed by atoms with Crippen molar-refractivity contribution < 1.29 is 19.1 Å². The minimum atomic E-state index is -0.124. The van der Waals surface area contributed by atoms with Crippen LogP contribution in [-0.2, 0) is 16.1 Å². The number of carbonyl (C=O) groups excluding carboxylic acids is 2. The molecule has 0 saturated heterocycles. The lowest BCUT2D eigenvalue weighted by molar-refractivity contribution is -0.121. The normalized spacial score (nSPS) is 10.1. The molecule has 0 spiro atoms. The molecule has 6 heteroatoms. The standard InChI is InChI=1S/C20H24N2O4/c1-15(23)22(17-5-4-6-19(13-17)26-3)12-11-20(24)21-14-16-7-9-18(25-2)10-8-16/h4-10,13H,11-12,14H2,1-3H3,(H,21,24). The Morgan fingerprint density at radius 2 is 1.69 bits per heavy atom. The summed E-state index contributed by atoms with van der Waals surface area (Å²) in [5.74, 6) is 1.20. The first-order valence-corrected chi connectivity index (χ1v) is 8.35. The number of carbonyl (C=O) groups is 2. The quantitative estimate of drug-likeness (QED) is 0.790. The molecule has 0 aliphatic carbocycles. The van der Waals surface area contributed by atoms with Gasteiger partial charge in [-0.1, -0.05) is 18.2 Å². The summed E-state index contributed by atoms with van der Waals surface area (Å²) in [5, 5.41) is 2.86. The van der Waals surface area contributed by atoms with Crippen LogP contribution < -0.4 is 19.7 Å². The number of rotatable bonds is 8. The molecule has 2 aromatic carbocycles. The summed E-state index contributed by atoms with van der Waals surface area (Å²) in [7, 11) is 3.18. The second kappa shape index (κ2) is 9.46. The number of amides is 2. The van der Waals surface area contributed by atoms with Crippen LogP contribution in [0.4, 0.5) is 5.69 Å². The van der Waals surface area contributed by atoms with Gasteiger partial charge in [-0.05, 0) is 29.8 Å². The molecular weight excluding hydrogens is 332 g/mol. The number of hydrogen-bond donors (Lipinski definition) is 1. The second-order valence-corrected chi connectivity index (χ2v) is 5.75. The first kappa shape index (κ1) is 19.3. The molecule has 6 nitrogen and oxygen atoms in total. The van der Waals surface area contributed by atoms with Crippen molar-refractivity contribution in [2.24, 2.45) is 0 Å². The number of nitrogens with one attached hydrogen (secondary N) is 1. The lowest BCUT2D eigenvalue weighted by Crippen LogP contribution is -2.33. The van der Waals surface area contributed by atoms with Crippen LogP contribution in [0, 0.1) is 0 Å². The fourth-order valence-electron chi connectivity index (χ4n) is 2.49. The number of benzene rings is 2. The Kier molecular flexibility index (Phi) is 7.02. The third-order valence-corrected chi connectivity index (χ3v) is 3.96. The SMILES string of the molecule is COc1ccc(CNC(=O)CCN(C(C)=O)c2cccc(OC)c2)cc1. The molecule has 2 aromatic rings. The predicted octanol–water partition coefficient (Wildman–Crippen LogP) is 2.76. The van der Waals surface area contributed by atoms with Gasteiger partial charge in [0.1, 0.15) is 11.5 Å². The molecule has 1 N–H and O–H groups in total. The minimum absolute atomic E-state index is 0.116. The molecule has 2 rings (SSSR count). The number of anilines is 1. The van der Waals surface area contributed by atoms with Gasteiger partial charge in [0.2, 0.25) is 11.8 Å². The fraction of sp³-hybridized carbons (Fsp3) is 0.300. The molecular formula is C20H24N2O4. The number of ether oxygens (including phenoxy) is 2. The molecule has 0 unspecified atom stereocenters. The van der Waals surface area contributed by atoms with Gasteiger partial charge < -0.3 is 19.7 Å². The molecule has 2 amide bonds. The van der Waals surface area contributed by atoms with Gasteiger partial charge in [-0.25, -0.2) is 0 Å². The Hall–Kier alpha value is -3.02. The van der Waals surface area contributed by atoms with E-state index >= 15 is 0 Å². The topological polar surface area (TPSA) is 67.9 Å². The van der Waals surface area contributed by atoms with Crippen molar-refractivity contribution in [1.29, 1.82) is 0 Å². The molecule has 0 atom stereocenters. The second-order valence-electron chi connectivity index (χ2n) is 5.75. The third-order valence-electron chi connectivity index (χ3n) is 3.96. The molecule has 0 aromatic heterocycles. The summed E-state index contributed by atoms with van der Waals surface area (Å²) in [5.41, 5.74) is 1.69. The Balaban J connectivity index is 1.89. The van der Waals surface area contributed by atoms with Gasteiger partial charge >= 0.3 is 0 Å². The fourth-order valence-corrected chi connectivity index (χ4v) is 2.49. The van der Waals surface area contributed by atoms with Crippen molar-refractivity contribution in [3.8, 4) is 11.5 Å². The lowest BCUT2D eigenvalue weighted by Gasteiger charge is -2.21. The number of hydrogen-bond acceptors (Lipinski definition) is 4. The van der Waals surface area contributed by atoms with E-state index in [1.165, 1.54) is 6.92 Å². The minimum Gasteiger partial charge on any atom is -0.497 e. The van der Waals surface area contributed by atoms with Crippen LogP contribution in [0.3, 0.4) is 0 Å². The van der Waals surface area contributed by atoms with Crippen LogP contribution in [0.1, 0.15) is 18.9 Å². The van der Waals surface area contributed by atoms with Crippen LogP contribution >= 0.6 is 0 Å². The Morgan fingerprint density at radius 1 is 1.00 bits per heavy atom. The van der Waals surface area contributed by atoms with Crippen LogP contribution in [0.5, 0.6) is 11.5 Å². The van der Waals surface area contributed by atoms with Gasteiger partial charge in [-0.2, -0.15) is 0 Å². The smallest absolute Gasteiger partial charge is 0.223 e. The molecule has 0 saturated carbocycles. The summed E-state index contributed by atoms with van der Waals surface area (Å²) < 4.78 is 10.3. The summed E-state index contributed by atoms with van der Waals surface area (Å²) in [6.07, 6.45) is 0.215. The maximum absolute atomic E-state index is 12.1. The van der Waals surface area contributed by atoms with E-state index in [-0.39, 0.29) is 18.2 Å². The van der Waals surface area contributed by atoms with Gasteiger partial charge in [0, 0.05) is 38.2 Å². The monoisotopic (exact) mass is 356 g/mol. The van der Waals surface area contributed by atoms with E-state index in [9.17, 15) is 9.59 Å². The largest absolute Gasteiger partial charge is 0.497 e. The van der Waals surface area contributed by atoms with E-state index < -0.39 is 0 Å². The van der Waals surface area contributed by atoms with Crippen molar-refractivity contribution in [3.05, 3.63) is 54.1 Å². The maximum Gasteiger partial charge on any atom is 0.223 e. The highest BCUT2D eigenvalue weighted by molar-refractivity contribution is 5.92. The van der Waals surface area contributed by atoms with Gasteiger partial charge in [0.15, 0.2) is 0 Å². The zero-order chi connectivity index (χ0) is 18.9. The summed E-state index contributed by atoms with van der Waals surface area (Å²) in [4.78, 5) is 25.6. The first-order chi connectivity index (χ1) is 12.5. The highest BCUT2D eigenvalue weighted by Gasteiger charge is 2.14. The van der Waals surface area contributed by atoms with Crippen LogP contribution in [-0.4, -0.2) is 32.6 Å². The highest BCUT2D eigenvalue weighted by Crippen LogP contribution is 2.21. The van der Waals surface area contributed by atoms with Crippen LogP contribution in [0.15, 0.2) is 48.5 Å². The highest BCUT2D eigenvalue weighted by atomic mass is 16.5. The van der Waals surface area contributed by atoms with E-state index in [4.69, 9.17) is 9.47 Å². The molecule has 0 heterocycles. The van der Waals surface area contributed by atoms with Crippen molar-refractivity contribution in [2.45, 2.75) is 19.9 Å². The third kappa shape index (κ3) is 5.51. The summed E-state index contributed by atoms with van der Waals surface area (Å²) in [6.45, 7) is 2.22.